The van der Waals surface area contributed by atoms with Gasteiger partial charge in [-0.1, -0.05) is 56.3 Å². The smallest absolute Gasteiger partial charge is 0.412 e. The van der Waals surface area contributed by atoms with E-state index in [0.717, 1.165) is 24.0 Å². The summed E-state index contributed by atoms with van der Waals surface area (Å²) in [5.41, 5.74) is 3.08. The minimum atomic E-state index is -0.592. The van der Waals surface area contributed by atoms with E-state index in [9.17, 15) is 9.59 Å². The van der Waals surface area contributed by atoms with Crippen molar-refractivity contribution in [3.8, 4) is 0 Å². The molecule has 0 spiro atoms. The van der Waals surface area contributed by atoms with Crippen LogP contribution in [0.1, 0.15) is 76.1 Å². The van der Waals surface area contributed by atoms with Crippen LogP contribution in [0.15, 0.2) is 48.5 Å². The molecule has 1 unspecified atom stereocenters. The van der Waals surface area contributed by atoms with Crippen molar-refractivity contribution in [2.24, 2.45) is 5.92 Å². The van der Waals surface area contributed by atoms with Crippen LogP contribution in [0.2, 0.25) is 0 Å². The lowest BCUT2D eigenvalue weighted by atomic mass is 9.94. The third-order valence-corrected chi connectivity index (χ3v) is 5.08. The van der Waals surface area contributed by atoms with Gasteiger partial charge < -0.3 is 10.1 Å². The highest BCUT2D eigenvalue weighted by Crippen LogP contribution is 2.34. The molecule has 1 atom stereocenters. The summed E-state index contributed by atoms with van der Waals surface area (Å²) in [6.07, 6.45) is 1.35. The van der Waals surface area contributed by atoms with Crippen molar-refractivity contribution in [1.29, 1.82) is 0 Å². The van der Waals surface area contributed by atoms with Crippen molar-refractivity contribution in [2.45, 2.75) is 65.0 Å². The topological polar surface area (TPSA) is 67.4 Å². The largest absolute Gasteiger partial charge is 0.444 e. The fraction of sp³-hybridized carbons (Fsp3) is 0.440. The van der Waals surface area contributed by atoms with Crippen LogP contribution < -0.4 is 10.6 Å². The summed E-state index contributed by atoms with van der Waals surface area (Å²) in [5.74, 6) is 0.577. The minimum absolute atomic E-state index is 0.0556. The number of nitrogens with one attached hydrogen (secondary N) is 2. The van der Waals surface area contributed by atoms with Gasteiger partial charge in [0.1, 0.15) is 5.60 Å². The number of benzene rings is 2. The fourth-order valence-corrected chi connectivity index (χ4v) is 3.30. The number of hydrogen-bond acceptors (Lipinski definition) is 3. The zero-order valence-electron chi connectivity index (χ0n) is 18.5. The SMILES string of the molecule is CC(C)c1ccc(C(NC(=O)C2CC2)c2ccccc2NC(=O)OC(C)(C)C)cc1. The van der Waals surface area contributed by atoms with Crippen LogP contribution in [0.3, 0.4) is 0 Å². The molecule has 1 saturated carbocycles. The molecule has 0 heterocycles. The zero-order chi connectivity index (χ0) is 21.9. The van der Waals surface area contributed by atoms with E-state index in [4.69, 9.17) is 4.74 Å². The van der Waals surface area contributed by atoms with Crippen LogP contribution in [-0.4, -0.2) is 17.6 Å². The highest BCUT2D eigenvalue weighted by molar-refractivity contribution is 5.87. The molecule has 2 aromatic rings. The van der Waals surface area contributed by atoms with Gasteiger partial charge in [-0.05, 0) is 56.7 Å². The predicted octanol–water partition coefficient (Wildman–Crippen LogP) is 5.77. The zero-order valence-corrected chi connectivity index (χ0v) is 18.5. The molecule has 5 heteroatoms. The maximum atomic E-state index is 12.6. The number of para-hydroxylation sites is 1. The molecule has 1 aliphatic carbocycles. The second-order valence-corrected chi connectivity index (χ2v) is 9.25. The average molecular weight is 409 g/mol. The van der Waals surface area contributed by atoms with Crippen LogP contribution in [0.5, 0.6) is 0 Å². The molecule has 0 bridgehead atoms. The van der Waals surface area contributed by atoms with E-state index in [1.807, 2.05) is 45.0 Å². The van der Waals surface area contributed by atoms with E-state index >= 15 is 0 Å². The first-order valence-electron chi connectivity index (χ1n) is 10.6. The summed E-state index contributed by atoms with van der Waals surface area (Å²) in [5, 5.41) is 6.04. The molecule has 2 aromatic carbocycles. The molecule has 1 aliphatic rings. The average Bonchev–Trinajstić information content (AvgIpc) is 3.50. The van der Waals surface area contributed by atoms with E-state index in [1.54, 1.807) is 0 Å². The van der Waals surface area contributed by atoms with Gasteiger partial charge in [0.15, 0.2) is 0 Å². The molecule has 1 fully saturated rings. The fourth-order valence-electron chi connectivity index (χ4n) is 3.30. The summed E-state index contributed by atoms with van der Waals surface area (Å²) in [6, 6.07) is 15.5. The highest BCUT2D eigenvalue weighted by atomic mass is 16.6. The Morgan fingerprint density at radius 3 is 2.13 bits per heavy atom. The van der Waals surface area contributed by atoms with Gasteiger partial charge in [0, 0.05) is 17.2 Å². The molecule has 2 N–H and O–H groups in total. The molecule has 0 radical (unpaired) electrons. The van der Waals surface area contributed by atoms with Crippen molar-refractivity contribution in [3.05, 3.63) is 65.2 Å². The lowest BCUT2D eigenvalue weighted by Crippen LogP contribution is -2.32. The second kappa shape index (κ2) is 8.90. The maximum Gasteiger partial charge on any atom is 0.412 e. The van der Waals surface area contributed by atoms with Crippen LogP contribution >= 0.6 is 0 Å². The van der Waals surface area contributed by atoms with Gasteiger partial charge in [-0.3, -0.25) is 10.1 Å². The van der Waals surface area contributed by atoms with Crippen molar-refractivity contribution in [1.82, 2.24) is 5.32 Å². The lowest BCUT2D eigenvalue weighted by Gasteiger charge is -2.24. The molecule has 30 heavy (non-hydrogen) atoms. The monoisotopic (exact) mass is 408 g/mol. The normalized spacial score (nSPS) is 14.9. The number of hydrogen-bond donors (Lipinski definition) is 2. The Labute approximate surface area is 179 Å². The summed E-state index contributed by atoms with van der Waals surface area (Å²) in [4.78, 5) is 25.0. The number of amides is 2. The Kier molecular flexibility index (Phi) is 6.49. The van der Waals surface area contributed by atoms with Gasteiger partial charge in [0.05, 0.1) is 6.04 Å². The molecule has 3 rings (SSSR count). The van der Waals surface area contributed by atoms with Crippen molar-refractivity contribution in [2.75, 3.05) is 5.32 Å². The van der Waals surface area contributed by atoms with Crippen LogP contribution in [0, 0.1) is 5.92 Å². The van der Waals surface area contributed by atoms with E-state index in [0.29, 0.717) is 11.6 Å². The van der Waals surface area contributed by atoms with Crippen molar-refractivity contribution in [3.63, 3.8) is 0 Å². The highest BCUT2D eigenvalue weighted by Gasteiger charge is 2.32. The number of rotatable bonds is 6. The standard InChI is InChI=1S/C25H32N2O3/c1-16(2)17-10-12-18(13-11-17)22(27-23(28)19-14-15-19)20-8-6-7-9-21(20)26-24(29)30-25(3,4)5/h6-13,16,19,22H,14-15H2,1-5H3,(H,26,29)(H,27,28). The summed E-state index contributed by atoms with van der Waals surface area (Å²) in [7, 11) is 0. The Bertz CT molecular complexity index is 893. The number of carbonyl (C=O) groups is 2. The Morgan fingerprint density at radius 2 is 1.57 bits per heavy atom. The first-order chi connectivity index (χ1) is 14.1. The van der Waals surface area contributed by atoms with Crippen LogP contribution in [0.4, 0.5) is 10.5 Å². The molecular weight excluding hydrogens is 376 g/mol. The molecular formula is C25H32N2O3. The molecule has 2 amide bonds. The lowest BCUT2D eigenvalue weighted by molar-refractivity contribution is -0.122. The number of anilines is 1. The van der Waals surface area contributed by atoms with Crippen LogP contribution in [-0.2, 0) is 9.53 Å². The second-order valence-electron chi connectivity index (χ2n) is 9.25. The number of ether oxygens (including phenoxy) is 1. The molecule has 160 valence electrons. The summed E-state index contributed by atoms with van der Waals surface area (Å²) < 4.78 is 5.42. The minimum Gasteiger partial charge on any atom is -0.444 e. The van der Waals surface area contributed by atoms with Gasteiger partial charge in [0.2, 0.25) is 5.91 Å². The number of carbonyl (C=O) groups excluding carboxylic acids is 2. The van der Waals surface area contributed by atoms with Gasteiger partial charge in [-0.15, -0.1) is 0 Å². The molecule has 0 saturated heterocycles. The van der Waals surface area contributed by atoms with E-state index in [1.165, 1.54) is 5.56 Å². The van der Waals surface area contributed by atoms with Gasteiger partial charge in [0.25, 0.3) is 0 Å². The molecule has 5 nitrogen and oxygen atoms in total. The van der Waals surface area contributed by atoms with Crippen molar-refractivity contribution < 1.29 is 14.3 Å². The third-order valence-electron chi connectivity index (χ3n) is 5.08. The summed E-state index contributed by atoms with van der Waals surface area (Å²) >= 11 is 0. The first kappa shape index (κ1) is 21.9. The van der Waals surface area contributed by atoms with Gasteiger partial charge in [-0.25, -0.2) is 4.79 Å². The Hall–Kier alpha value is -2.82. The van der Waals surface area contributed by atoms with Gasteiger partial charge >= 0.3 is 6.09 Å². The maximum absolute atomic E-state index is 12.6. The molecule has 0 aromatic heterocycles. The van der Waals surface area contributed by atoms with Crippen molar-refractivity contribution >= 4 is 17.7 Å². The van der Waals surface area contributed by atoms with Crippen LogP contribution in [0.25, 0.3) is 0 Å². The predicted molar refractivity (Wildman–Crippen MR) is 120 cm³/mol. The third kappa shape index (κ3) is 5.85. The first-order valence-corrected chi connectivity index (χ1v) is 10.6. The Balaban J connectivity index is 1.93. The quantitative estimate of drug-likeness (QED) is 0.637. The van der Waals surface area contributed by atoms with Gasteiger partial charge in [-0.2, -0.15) is 0 Å². The summed E-state index contributed by atoms with van der Waals surface area (Å²) in [6.45, 7) is 9.79. The van der Waals surface area contributed by atoms with E-state index in [-0.39, 0.29) is 17.9 Å². The molecule has 0 aliphatic heterocycles. The van der Waals surface area contributed by atoms with E-state index in [2.05, 4.69) is 48.7 Å². The Morgan fingerprint density at radius 1 is 0.967 bits per heavy atom. The van der Waals surface area contributed by atoms with E-state index < -0.39 is 11.7 Å².